The molecule has 2 aliphatic rings. The highest BCUT2D eigenvalue weighted by molar-refractivity contribution is 6.04. The molecule has 1 saturated carbocycles. The highest BCUT2D eigenvalue weighted by atomic mass is 19.1. The van der Waals surface area contributed by atoms with E-state index in [4.69, 9.17) is 4.74 Å². The Morgan fingerprint density at radius 1 is 0.961 bits per heavy atom. The number of piperidine rings is 1. The summed E-state index contributed by atoms with van der Waals surface area (Å²) in [5.74, 6) is -1.12. The van der Waals surface area contributed by atoms with Gasteiger partial charge in [-0.15, -0.1) is 0 Å². The average molecular weight is 701 g/mol. The standard InChI is InChI=1S/C39H49FN6O5/c1-5-34(47)43-35(39(50)45-22-19-30(20-23-45)51-29-10-8-7-9-11-29)26(4)28-16-17-32(31(40)24-28)42-38(49)36(27-14-12-25(3)13-15-27)44-37(48)33-18-21-41-46(33)6-2/h7-11,16-18,21,24-25,27,30,36H,5-6,12-15,19-20,22-23H2,1-4H3,(H,42,49)(H,43,47)(H,44,48)/b35-26+/t25-,27-,36-/m0/s1. The van der Waals surface area contributed by atoms with E-state index in [2.05, 4.69) is 28.0 Å². The topological polar surface area (TPSA) is 135 Å². The molecule has 5 rings (SSSR count). The van der Waals surface area contributed by atoms with Gasteiger partial charge in [-0.25, -0.2) is 4.39 Å². The summed E-state index contributed by atoms with van der Waals surface area (Å²) < 4.78 is 23.4. The van der Waals surface area contributed by atoms with Crippen LogP contribution in [0, 0.1) is 17.7 Å². The van der Waals surface area contributed by atoms with Gasteiger partial charge in [-0.2, -0.15) is 5.10 Å². The number of halogens is 1. The average Bonchev–Trinajstić information content (AvgIpc) is 3.63. The van der Waals surface area contributed by atoms with Crippen molar-refractivity contribution in [1.29, 1.82) is 0 Å². The first kappa shape index (κ1) is 37.3. The van der Waals surface area contributed by atoms with E-state index in [1.807, 2.05) is 37.3 Å². The number of nitrogens with one attached hydrogen (secondary N) is 3. The van der Waals surface area contributed by atoms with Gasteiger partial charge >= 0.3 is 0 Å². The second kappa shape index (κ2) is 17.3. The Morgan fingerprint density at radius 3 is 2.31 bits per heavy atom. The van der Waals surface area contributed by atoms with E-state index in [1.165, 1.54) is 12.1 Å². The van der Waals surface area contributed by atoms with E-state index in [1.54, 1.807) is 41.8 Å². The van der Waals surface area contributed by atoms with Gasteiger partial charge in [0.1, 0.15) is 35.1 Å². The van der Waals surface area contributed by atoms with E-state index < -0.39 is 23.7 Å². The second-order valence-corrected chi connectivity index (χ2v) is 13.5. The lowest BCUT2D eigenvalue weighted by Gasteiger charge is -2.33. The van der Waals surface area contributed by atoms with Crippen molar-refractivity contribution < 1.29 is 28.3 Å². The largest absolute Gasteiger partial charge is 0.490 e. The first-order valence-corrected chi connectivity index (χ1v) is 18.0. The summed E-state index contributed by atoms with van der Waals surface area (Å²) in [7, 11) is 0. The first-order valence-electron chi connectivity index (χ1n) is 18.0. The van der Waals surface area contributed by atoms with Crippen molar-refractivity contribution in [2.24, 2.45) is 11.8 Å². The van der Waals surface area contributed by atoms with E-state index in [9.17, 15) is 19.2 Å². The highest BCUT2D eigenvalue weighted by Crippen LogP contribution is 2.32. The van der Waals surface area contributed by atoms with Crippen molar-refractivity contribution in [2.45, 2.75) is 91.3 Å². The Labute approximate surface area is 299 Å². The van der Waals surface area contributed by atoms with Crippen LogP contribution in [0.4, 0.5) is 10.1 Å². The number of carbonyl (C=O) groups excluding carboxylic acids is 4. The minimum absolute atomic E-state index is 0.0403. The molecule has 1 saturated heterocycles. The normalized spacial score (nSPS) is 19.0. The van der Waals surface area contributed by atoms with Crippen LogP contribution in [0.2, 0.25) is 0 Å². The summed E-state index contributed by atoms with van der Waals surface area (Å²) in [4.78, 5) is 55.1. The zero-order valence-electron chi connectivity index (χ0n) is 29.9. The number of hydrogen-bond acceptors (Lipinski definition) is 6. The summed E-state index contributed by atoms with van der Waals surface area (Å²) in [5, 5.41) is 12.5. The number of ether oxygens (including phenoxy) is 1. The number of benzene rings is 2. The predicted octanol–water partition coefficient (Wildman–Crippen LogP) is 5.93. The van der Waals surface area contributed by atoms with Crippen LogP contribution in [0.5, 0.6) is 5.75 Å². The van der Waals surface area contributed by atoms with Gasteiger partial charge in [-0.05, 0) is 80.0 Å². The molecule has 0 bridgehead atoms. The van der Waals surface area contributed by atoms with Gasteiger partial charge in [0.05, 0.1) is 5.69 Å². The number of rotatable bonds is 12. The number of likely N-dealkylation sites (tertiary alicyclic amines) is 1. The lowest BCUT2D eigenvalue weighted by atomic mass is 9.79. The Hall–Kier alpha value is -5.00. The van der Waals surface area contributed by atoms with Crippen LogP contribution in [-0.4, -0.2) is 63.5 Å². The molecule has 1 aromatic heterocycles. The number of amides is 4. The van der Waals surface area contributed by atoms with Crippen molar-refractivity contribution in [2.75, 3.05) is 18.4 Å². The molecule has 11 nitrogen and oxygen atoms in total. The van der Waals surface area contributed by atoms with Crippen molar-refractivity contribution in [3.63, 3.8) is 0 Å². The number of hydrogen-bond donors (Lipinski definition) is 3. The van der Waals surface area contributed by atoms with E-state index >= 15 is 4.39 Å². The third-order valence-electron chi connectivity index (χ3n) is 9.96. The molecule has 12 heteroatoms. The summed E-state index contributed by atoms with van der Waals surface area (Å²) in [6.45, 7) is 8.78. The van der Waals surface area contributed by atoms with Crippen LogP contribution >= 0.6 is 0 Å². The van der Waals surface area contributed by atoms with Crippen molar-refractivity contribution in [1.82, 2.24) is 25.3 Å². The zero-order valence-corrected chi connectivity index (χ0v) is 29.9. The molecule has 1 atom stereocenters. The maximum Gasteiger partial charge on any atom is 0.270 e. The molecular weight excluding hydrogens is 651 g/mol. The monoisotopic (exact) mass is 700 g/mol. The van der Waals surface area contributed by atoms with Gasteiger partial charge in [0.15, 0.2) is 0 Å². The number of para-hydroxylation sites is 1. The smallest absolute Gasteiger partial charge is 0.270 e. The zero-order chi connectivity index (χ0) is 36.5. The molecule has 0 spiro atoms. The maximum absolute atomic E-state index is 15.7. The molecule has 272 valence electrons. The first-order chi connectivity index (χ1) is 24.6. The summed E-state index contributed by atoms with van der Waals surface area (Å²) in [6, 6.07) is 14.6. The van der Waals surface area contributed by atoms with E-state index in [0.29, 0.717) is 55.2 Å². The minimum atomic E-state index is -0.873. The van der Waals surface area contributed by atoms with Crippen LogP contribution in [0.1, 0.15) is 88.7 Å². The van der Waals surface area contributed by atoms with Crippen LogP contribution in [-0.2, 0) is 20.9 Å². The molecule has 0 radical (unpaired) electrons. The molecule has 1 aliphatic carbocycles. The lowest BCUT2D eigenvalue weighted by molar-refractivity contribution is -0.131. The van der Waals surface area contributed by atoms with Gasteiger partial charge in [0, 0.05) is 45.1 Å². The van der Waals surface area contributed by atoms with Gasteiger partial charge in [-0.1, -0.05) is 51.0 Å². The molecule has 2 aromatic carbocycles. The molecule has 2 heterocycles. The molecule has 3 aromatic rings. The molecule has 4 amide bonds. The van der Waals surface area contributed by atoms with Crippen LogP contribution in [0.25, 0.3) is 5.57 Å². The van der Waals surface area contributed by atoms with Gasteiger partial charge in [-0.3, -0.25) is 23.9 Å². The Balaban J connectivity index is 1.32. The lowest BCUT2D eigenvalue weighted by Crippen LogP contribution is -2.49. The molecule has 1 aliphatic heterocycles. The molecule has 2 fully saturated rings. The number of nitrogens with zero attached hydrogens (tertiary/aromatic N) is 3. The van der Waals surface area contributed by atoms with Gasteiger partial charge in [0.25, 0.3) is 11.8 Å². The third kappa shape index (κ3) is 9.42. The van der Waals surface area contributed by atoms with Crippen molar-refractivity contribution >= 4 is 34.9 Å². The maximum atomic E-state index is 15.7. The van der Waals surface area contributed by atoms with Crippen molar-refractivity contribution in [3.05, 3.63) is 83.6 Å². The fraction of sp³-hybridized carbons (Fsp3) is 0.462. The van der Waals surface area contributed by atoms with Crippen LogP contribution in [0.15, 0.2) is 66.5 Å². The highest BCUT2D eigenvalue weighted by Gasteiger charge is 2.34. The number of aromatic nitrogens is 2. The van der Waals surface area contributed by atoms with Gasteiger partial charge < -0.3 is 25.6 Å². The SMILES string of the molecule is CCC(=O)N/C(C(=O)N1CCC(Oc2ccccc2)CC1)=C(\C)c1ccc(NC(=O)[C@@H](NC(=O)c2ccnn2CC)[C@H]2CC[C@H](C)CC2)c(F)c1. The van der Waals surface area contributed by atoms with E-state index in [-0.39, 0.29) is 41.6 Å². The van der Waals surface area contributed by atoms with E-state index in [0.717, 1.165) is 31.4 Å². The third-order valence-corrected chi connectivity index (χ3v) is 9.96. The fourth-order valence-electron chi connectivity index (χ4n) is 6.78. The predicted molar refractivity (Wildman–Crippen MR) is 193 cm³/mol. The summed E-state index contributed by atoms with van der Waals surface area (Å²) in [6.07, 6.45) is 6.30. The molecule has 0 unspecified atom stereocenters. The Kier molecular flexibility index (Phi) is 12.6. The Morgan fingerprint density at radius 2 is 1.67 bits per heavy atom. The quantitative estimate of drug-likeness (QED) is 0.201. The molecule has 3 N–H and O–H groups in total. The summed E-state index contributed by atoms with van der Waals surface area (Å²) in [5.41, 5.74) is 1.16. The Bertz CT molecular complexity index is 1720. The number of aryl methyl sites for hydroxylation is 1. The minimum Gasteiger partial charge on any atom is -0.490 e. The number of anilines is 1. The fourth-order valence-corrected chi connectivity index (χ4v) is 6.78. The number of allylic oxidation sites excluding steroid dienone is 1. The number of carbonyl (C=O) groups is 4. The van der Waals surface area contributed by atoms with Crippen LogP contribution < -0.4 is 20.7 Å². The molecule has 51 heavy (non-hydrogen) atoms. The van der Waals surface area contributed by atoms with Crippen LogP contribution in [0.3, 0.4) is 0 Å². The molecular formula is C39H49FN6O5. The second-order valence-electron chi connectivity index (χ2n) is 13.5. The van der Waals surface area contributed by atoms with Gasteiger partial charge in [0.2, 0.25) is 11.8 Å². The van der Waals surface area contributed by atoms with Crippen molar-refractivity contribution in [3.8, 4) is 5.75 Å². The summed E-state index contributed by atoms with van der Waals surface area (Å²) >= 11 is 0.